The minimum absolute atomic E-state index is 0.0445. The van der Waals surface area contributed by atoms with Gasteiger partial charge < -0.3 is 10.2 Å². The number of carbonyl (C=O) groups is 1. The van der Waals surface area contributed by atoms with E-state index in [9.17, 15) is 18.0 Å². The Morgan fingerprint density at radius 1 is 0.935 bits per heavy atom. The van der Waals surface area contributed by atoms with Crippen molar-refractivity contribution < 1.29 is 18.0 Å². The van der Waals surface area contributed by atoms with Gasteiger partial charge in [-0.15, -0.1) is 0 Å². The molecular formula is C23H21F3N4O. The van der Waals surface area contributed by atoms with Gasteiger partial charge in [-0.2, -0.15) is 5.10 Å². The number of fused-ring (bicyclic) bond motifs is 1. The third kappa shape index (κ3) is 3.56. The van der Waals surface area contributed by atoms with E-state index in [-0.39, 0.29) is 22.9 Å². The maximum atomic E-state index is 14.6. The number of halogens is 3. The molecule has 8 heteroatoms. The molecule has 2 heterocycles. The van der Waals surface area contributed by atoms with Crippen LogP contribution in [0.25, 0.3) is 5.69 Å². The van der Waals surface area contributed by atoms with Gasteiger partial charge >= 0.3 is 0 Å². The molecule has 1 N–H and O–H groups in total. The number of nitrogens with one attached hydrogen (secondary N) is 1. The Kier molecular flexibility index (Phi) is 4.92. The van der Waals surface area contributed by atoms with E-state index in [0.717, 1.165) is 49.1 Å². The summed E-state index contributed by atoms with van der Waals surface area (Å²) in [5, 5.41) is 7.03. The number of benzene rings is 2. The maximum Gasteiger partial charge on any atom is 0.276 e. The first-order valence-corrected chi connectivity index (χ1v) is 10.4. The van der Waals surface area contributed by atoms with E-state index < -0.39 is 17.5 Å². The van der Waals surface area contributed by atoms with Gasteiger partial charge in [0.2, 0.25) is 0 Å². The first-order valence-electron chi connectivity index (χ1n) is 10.4. The molecule has 1 fully saturated rings. The van der Waals surface area contributed by atoms with Gasteiger partial charge in [-0.3, -0.25) is 4.79 Å². The summed E-state index contributed by atoms with van der Waals surface area (Å²) >= 11 is 0. The molecule has 5 rings (SSSR count). The molecule has 3 aromatic rings. The SMILES string of the molecule is O=C(Nc1cc(F)c(N2CCCC2)c(F)c1)c1nn(-c2ccc(F)cc2)c2c1CCC2. The zero-order valence-electron chi connectivity index (χ0n) is 16.8. The van der Waals surface area contributed by atoms with Crippen molar-refractivity contribution in [3.05, 3.63) is 70.8 Å². The molecule has 0 bridgehead atoms. The normalized spacial score (nSPS) is 15.4. The van der Waals surface area contributed by atoms with Crippen LogP contribution in [0.15, 0.2) is 36.4 Å². The third-order valence-electron chi connectivity index (χ3n) is 5.91. The Morgan fingerprint density at radius 3 is 2.29 bits per heavy atom. The number of nitrogens with zero attached hydrogens (tertiary/aromatic N) is 3. The summed E-state index contributed by atoms with van der Waals surface area (Å²) in [6, 6.07) is 8.17. The number of anilines is 2. The van der Waals surface area contributed by atoms with Crippen LogP contribution in [-0.2, 0) is 12.8 Å². The zero-order valence-corrected chi connectivity index (χ0v) is 16.8. The summed E-state index contributed by atoms with van der Waals surface area (Å²) in [6.07, 6.45) is 4.12. The molecule has 0 radical (unpaired) electrons. The molecule has 0 atom stereocenters. The quantitative estimate of drug-likeness (QED) is 0.662. The van der Waals surface area contributed by atoms with Crippen LogP contribution < -0.4 is 10.2 Å². The minimum Gasteiger partial charge on any atom is -0.367 e. The second-order valence-corrected chi connectivity index (χ2v) is 7.95. The molecule has 0 unspecified atom stereocenters. The minimum atomic E-state index is -0.695. The highest BCUT2D eigenvalue weighted by atomic mass is 19.1. The Bertz CT molecular complexity index is 1130. The van der Waals surface area contributed by atoms with Gasteiger partial charge in [0.25, 0.3) is 5.91 Å². The Balaban J connectivity index is 1.44. The molecule has 160 valence electrons. The monoisotopic (exact) mass is 426 g/mol. The Labute approximate surface area is 177 Å². The highest BCUT2D eigenvalue weighted by Crippen LogP contribution is 2.31. The van der Waals surface area contributed by atoms with Crippen molar-refractivity contribution in [3.63, 3.8) is 0 Å². The lowest BCUT2D eigenvalue weighted by molar-refractivity contribution is 0.102. The first-order chi connectivity index (χ1) is 15.0. The molecule has 1 amide bonds. The second kappa shape index (κ2) is 7.76. The van der Waals surface area contributed by atoms with Crippen LogP contribution in [0, 0.1) is 17.5 Å². The van der Waals surface area contributed by atoms with Crippen LogP contribution in [0.3, 0.4) is 0 Å². The van der Waals surface area contributed by atoms with Gasteiger partial charge in [0.1, 0.15) is 11.5 Å². The lowest BCUT2D eigenvalue weighted by Gasteiger charge is -2.19. The number of hydrogen-bond donors (Lipinski definition) is 1. The van der Waals surface area contributed by atoms with E-state index >= 15 is 0 Å². The van der Waals surface area contributed by atoms with Gasteiger partial charge in [0, 0.05) is 30.0 Å². The highest BCUT2D eigenvalue weighted by Gasteiger charge is 2.28. The molecule has 1 saturated heterocycles. The van der Waals surface area contributed by atoms with Gasteiger partial charge in [-0.05, 0) is 68.5 Å². The van der Waals surface area contributed by atoms with Crippen molar-refractivity contribution in [1.29, 1.82) is 0 Å². The summed E-state index contributed by atoms with van der Waals surface area (Å²) < 4.78 is 44.2. The highest BCUT2D eigenvalue weighted by molar-refractivity contribution is 6.04. The number of carbonyl (C=O) groups excluding carboxylic acids is 1. The Hall–Kier alpha value is -3.29. The van der Waals surface area contributed by atoms with Crippen molar-refractivity contribution in [2.45, 2.75) is 32.1 Å². The van der Waals surface area contributed by atoms with Crippen molar-refractivity contribution in [3.8, 4) is 5.69 Å². The molecule has 0 spiro atoms. The molecular weight excluding hydrogens is 405 g/mol. The van der Waals surface area contributed by atoms with Crippen LogP contribution in [0.5, 0.6) is 0 Å². The van der Waals surface area contributed by atoms with E-state index in [4.69, 9.17) is 0 Å². The predicted octanol–water partition coefficient (Wildman–Crippen LogP) is 4.63. The summed E-state index contributed by atoms with van der Waals surface area (Å²) in [6.45, 7) is 1.24. The standard InChI is InChI=1S/C23H21F3N4O/c24-14-6-8-16(9-7-14)30-20-5-3-4-17(20)21(28-30)23(31)27-15-12-18(25)22(19(26)13-15)29-10-1-2-11-29/h6-9,12-13H,1-5,10-11H2,(H,27,31). The molecule has 1 aliphatic heterocycles. The molecule has 0 saturated carbocycles. The fourth-order valence-electron chi connectivity index (χ4n) is 4.49. The smallest absolute Gasteiger partial charge is 0.276 e. The Morgan fingerprint density at radius 2 is 1.61 bits per heavy atom. The van der Waals surface area contributed by atoms with E-state index in [1.54, 1.807) is 21.7 Å². The van der Waals surface area contributed by atoms with Gasteiger partial charge in [0.15, 0.2) is 17.3 Å². The lowest BCUT2D eigenvalue weighted by atomic mass is 10.2. The van der Waals surface area contributed by atoms with Crippen molar-refractivity contribution >= 4 is 17.3 Å². The largest absolute Gasteiger partial charge is 0.367 e. The van der Waals surface area contributed by atoms with Crippen LogP contribution in [0.2, 0.25) is 0 Å². The average molecular weight is 426 g/mol. The van der Waals surface area contributed by atoms with E-state index in [2.05, 4.69) is 10.4 Å². The second-order valence-electron chi connectivity index (χ2n) is 7.95. The van der Waals surface area contributed by atoms with Crippen molar-refractivity contribution in [2.24, 2.45) is 0 Å². The molecule has 1 aromatic heterocycles. The topological polar surface area (TPSA) is 50.2 Å². The number of aromatic nitrogens is 2. The van der Waals surface area contributed by atoms with Gasteiger partial charge in [0.05, 0.1) is 5.69 Å². The zero-order chi connectivity index (χ0) is 21.5. The summed E-state index contributed by atoms with van der Waals surface area (Å²) in [4.78, 5) is 14.6. The molecule has 2 aliphatic rings. The molecule has 2 aromatic carbocycles. The first kappa shape index (κ1) is 19.7. The van der Waals surface area contributed by atoms with Crippen LogP contribution in [-0.4, -0.2) is 28.8 Å². The van der Waals surface area contributed by atoms with E-state index in [1.165, 1.54) is 12.1 Å². The molecule has 31 heavy (non-hydrogen) atoms. The van der Waals surface area contributed by atoms with Crippen molar-refractivity contribution in [2.75, 3.05) is 23.3 Å². The van der Waals surface area contributed by atoms with Crippen LogP contribution in [0.4, 0.5) is 24.5 Å². The van der Waals surface area contributed by atoms with E-state index in [1.807, 2.05) is 0 Å². The summed E-state index contributed by atoms with van der Waals surface area (Å²) in [5.41, 5.74) is 2.60. The van der Waals surface area contributed by atoms with Crippen molar-refractivity contribution in [1.82, 2.24) is 9.78 Å². The van der Waals surface area contributed by atoms with Gasteiger partial charge in [-0.1, -0.05) is 0 Å². The number of rotatable bonds is 4. The number of amides is 1. The maximum absolute atomic E-state index is 14.6. The fraction of sp³-hybridized carbons (Fsp3) is 0.304. The third-order valence-corrected chi connectivity index (χ3v) is 5.91. The number of hydrogen-bond acceptors (Lipinski definition) is 3. The van der Waals surface area contributed by atoms with Crippen LogP contribution >= 0.6 is 0 Å². The fourth-order valence-corrected chi connectivity index (χ4v) is 4.49. The predicted molar refractivity (Wildman–Crippen MR) is 111 cm³/mol. The molecule has 1 aliphatic carbocycles. The van der Waals surface area contributed by atoms with Crippen LogP contribution in [0.1, 0.15) is 41.0 Å². The van der Waals surface area contributed by atoms with Gasteiger partial charge in [-0.25, -0.2) is 17.9 Å². The van der Waals surface area contributed by atoms with E-state index in [0.29, 0.717) is 25.2 Å². The summed E-state index contributed by atoms with van der Waals surface area (Å²) in [7, 11) is 0. The summed E-state index contributed by atoms with van der Waals surface area (Å²) in [5.74, 6) is -2.27. The lowest BCUT2D eigenvalue weighted by Crippen LogP contribution is -2.21. The average Bonchev–Trinajstić information content (AvgIpc) is 3.46. The molecule has 5 nitrogen and oxygen atoms in total.